The maximum Gasteiger partial charge on any atom is 0.253 e. The monoisotopic (exact) mass is 379 g/mol. The lowest BCUT2D eigenvalue weighted by Crippen LogP contribution is -2.34. The first-order valence-electron chi connectivity index (χ1n) is 9.30. The van der Waals surface area contributed by atoms with Crippen LogP contribution in [0.2, 0.25) is 0 Å². The minimum absolute atomic E-state index is 0.0322. The van der Waals surface area contributed by atoms with Crippen molar-refractivity contribution in [3.05, 3.63) is 65.9 Å². The Labute approximate surface area is 164 Å². The van der Waals surface area contributed by atoms with E-state index in [1.54, 1.807) is 7.11 Å². The number of fused-ring (bicyclic) bond motifs is 1. The van der Waals surface area contributed by atoms with Crippen LogP contribution in [0.15, 0.2) is 54.7 Å². The quantitative estimate of drug-likeness (QED) is 0.591. The molecule has 0 aliphatic rings. The summed E-state index contributed by atoms with van der Waals surface area (Å²) in [5.74, 6) is 0.634. The molecular weight excluding hydrogens is 354 g/mol. The molecule has 3 aromatic rings. The van der Waals surface area contributed by atoms with E-state index in [4.69, 9.17) is 4.74 Å². The van der Waals surface area contributed by atoms with Gasteiger partial charge in [0.1, 0.15) is 5.75 Å². The van der Waals surface area contributed by atoms with Gasteiger partial charge in [0.2, 0.25) is 5.91 Å². The van der Waals surface area contributed by atoms with Crippen LogP contribution in [0.4, 0.5) is 0 Å². The molecule has 1 aromatic heterocycles. The lowest BCUT2D eigenvalue weighted by molar-refractivity contribution is -0.121. The fourth-order valence-corrected chi connectivity index (χ4v) is 3.13. The van der Waals surface area contributed by atoms with E-state index in [1.165, 1.54) is 0 Å². The Bertz CT molecular complexity index is 961. The lowest BCUT2D eigenvalue weighted by Gasteiger charge is -2.07. The van der Waals surface area contributed by atoms with Gasteiger partial charge in [0.25, 0.3) is 5.91 Å². The Kier molecular flexibility index (Phi) is 6.32. The number of nitrogens with zero attached hydrogens (tertiary/aromatic N) is 1. The fourth-order valence-electron chi connectivity index (χ4n) is 3.13. The van der Waals surface area contributed by atoms with Gasteiger partial charge >= 0.3 is 0 Å². The Morgan fingerprint density at radius 1 is 1.00 bits per heavy atom. The highest BCUT2D eigenvalue weighted by Crippen LogP contribution is 2.19. The average Bonchev–Trinajstić information content (AvgIpc) is 3.07. The SMILES string of the molecule is COc1ccc(CCC(=O)NCCNC(=O)c2cn(C)c3ccccc23)cc1. The van der Waals surface area contributed by atoms with Crippen molar-refractivity contribution in [1.29, 1.82) is 0 Å². The first-order valence-corrected chi connectivity index (χ1v) is 9.30. The van der Waals surface area contributed by atoms with Crippen molar-refractivity contribution in [2.45, 2.75) is 12.8 Å². The summed E-state index contributed by atoms with van der Waals surface area (Å²) in [6, 6.07) is 15.5. The molecule has 0 radical (unpaired) electrons. The number of hydrogen-bond donors (Lipinski definition) is 2. The third-order valence-corrected chi connectivity index (χ3v) is 4.67. The summed E-state index contributed by atoms with van der Waals surface area (Å²) >= 11 is 0. The molecule has 2 amide bonds. The molecule has 0 atom stereocenters. The van der Waals surface area contributed by atoms with E-state index in [0.717, 1.165) is 22.2 Å². The predicted molar refractivity (Wildman–Crippen MR) is 110 cm³/mol. The number of carbonyl (C=O) groups excluding carboxylic acids is 2. The molecular formula is C22H25N3O3. The molecule has 0 spiro atoms. The molecule has 0 aliphatic heterocycles. The zero-order valence-corrected chi connectivity index (χ0v) is 16.2. The summed E-state index contributed by atoms with van der Waals surface area (Å²) in [6.07, 6.45) is 2.90. The van der Waals surface area contributed by atoms with E-state index in [0.29, 0.717) is 31.5 Å². The summed E-state index contributed by atoms with van der Waals surface area (Å²) < 4.78 is 7.06. The zero-order valence-electron chi connectivity index (χ0n) is 16.2. The number of rotatable bonds is 8. The third kappa shape index (κ3) is 4.71. The van der Waals surface area contributed by atoms with Gasteiger partial charge in [0.05, 0.1) is 12.7 Å². The van der Waals surface area contributed by atoms with E-state index >= 15 is 0 Å². The van der Waals surface area contributed by atoms with Crippen LogP contribution in [0.25, 0.3) is 10.9 Å². The van der Waals surface area contributed by atoms with Crippen molar-refractivity contribution < 1.29 is 14.3 Å². The highest BCUT2D eigenvalue weighted by atomic mass is 16.5. The minimum Gasteiger partial charge on any atom is -0.497 e. The van der Waals surface area contributed by atoms with Gasteiger partial charge in [-0.15, -0.1) is 0 Å². The number of nitrogens with one attached hydrogen (secondary N) is 2. The molecule has 1 heterocycles. The Morgan fingerprint density at radius 2 is 1.71 bits per heavy atom. The zero-order chi connectivity index (χ0) is 19.9. The van der Waals surface area contributed by atoms with E-state index in [-0.39, 0.29) is 11.8 Å². The van der Waals surface area contributed by atoms with Crippen LogP contribution in [0.3, 0.4) is 0 Å². The molecule has 2 aromatic carbocycles. The number of hydrogen-bond acceptors (Lipinski definition) is 3. The molecule has 0 unspecified atom stereocenters. The Balaban J connectivity index is 1.41. The van der Waals surface area contributed by atoms with Gasteiger partial charge < -0.3 is 19.9 Å². The second-order valence-corrected chi connectivity index (χ2v) is 6.62. The van der Waals surface area contributed by atoms with Crippen LogP contribution in [0, 0.1) is 0 Å². The van der Waals surface area contributed by atoms with Crippen molar-refractivity contribution >= 4 is 22.7 Å². The van der Waals surface area contributed by atoms with Crippen molar-refractivity contribution in [3.8, 4) is 5.75 Å². The summed E-state index contributed by atoms with van der Waals surface area (Å²) in [6.45, 7) is 0.786. The van der Waals surface area contributed by atoms with Gasteiger partial charge in [-0.3, -0.25) is 9.59 Å². The van der Waals surface area contributed by atoms with E-state index in [9.17, 15) is 9.59 Å². The molecule has 146 valence electrons. The smallest absolute Gasteiger partial charge is 0.253 e. The van der Waals surface area contributed by atoms with Crippen LogP contribution < -0.4 is 15.4 Å². The van der Waals surface area contributed by atoms with Crippen molar-refractivity contribution in [1.82, 2.24) is 15.2 Å². The normalized spacial score (nSPS) is 10.6. The van der Waals surface area contributed by atoms with Crippen LogP contribution in [-0.4, -0.2) is 36.6 Å². The lowest BCUT2D eigenvalue weighted by atomic mass is 10.1. The number of ether oxygens (including phenoxy) is 1. The van der Waals surface area contributed by atoms with Crippen molar-refractivity contribution in [2.24, 2.45) is 7.05 Å². The predicted octanol–water partition coefficient (Wildman–Crippen LogP) is 2.67. The van der Waals surface area contributed by atoms with Gasteiger partial charge in [0.15, 0.2) is 0 Å². The molecule has 3 rings (SSSR count). The average molecular weight is 379 g/mol. The topological polar surface area (TPSA) is 72.4 Å². The largest absolute Gasteiger partial charge is 0.497 e. The van der Waals surface area contributed by atoms with Crippen molar-refractivity contribution in [3.63, 3.8) is 0 Å². The van der Waals surface area contributed by atoms with Crippen LogP contribution in [0.1, 0.15) is 22.3 Å². The summed E-state index contributed by atoms with van der Waals surface area (Å²) in [7, 11) is 3.55. The molecule has 0 saturated heterocycles. The summed E-state index contributed by atoms with van der Waals surface area (Å²) in [5, 5.41) is 6.63. The molecule has 0 bridgehead atoms. The number of para-hydroxylation sites is 1. The highest BCUT2D eigenvalue weighted by molar-refractivity contribution is 6.06. The number of aromatic nitrogens is 1. The van der Waals surface area contributed by atoms with Crippen LogP contribution in [0.5, 0.6) is 5.75 Å². The number of carbonyl (C=O) groups is 2. The Morgan fingerprint density at radius 3 is 2.46 bits per heavy atom. The number of aryl methyl sites for hydroxylation is 2. The molecule has 2 N–H and O–H groups in total. The van der Waals surface area contributed by atoms with Crippen molar-refractivity contribution in [2.75, 3.05) is 20.2 Å². The summed E-state index contributed by atoms with van der Waals surface area (Å²) in [4.78, 5) is 24.4. The van der Waals surface area contributed by atoms with Gasteiger partial charge in [-0.2, -0.15) is 0 Å². The van der Waals surface area contributed by atoms with Gasteiger partial charge in [0, 0.05) is 43.7 Å². The minimum atomic E-state index is -0.135. The van der Waals surface area contributed by atoms with E-state index < -0.39 is 0 Å². The molecule has 6 heteroatoms. The fraction of sp³-hybridized carbons (Fsp3) is 0.273. The molecule has 0 fully saturated rings. The molecule has 0 aliphatic carbocycles. The molecule has 0 saturated carbocycles. The Hall–Kier alpha value is -3.28. The molecule has 6 nitrogen and oxygen atoms in total. The van der Waals surface area contributed by atoms with Crippen LogP contribution in [-0.2, 0) is 18.3 Å². The summed E-state index contributed by atoms with van der Waals surface area (Å²) in [5.41, 5.74) is 2.74. The maximum absolute atomic E-state index is 12.4. The third-order valence-electron chi connectivity index (χ3n) is 4.67. The standard InChI is InChI=1S/C22H25N3O3/c1-25-15-19(18-5-3-4-6-20(18)25)22(27)24-14-13-23-21(26)12-9-16-7-10-17(28-2)11-8-16/h3-8,10-11,15H,9,12-14H2,1-2H3,(H,23,26)(H,24,27). The number of benzene rings is 2. The second-order valence-electron chi connectivity index (χ2n) is 6.62. The van der Waals surface area contributed by atoms with Crippen LogP contribution >= 0.6 is 0 Å². The van der Waals surface area contributed by atoms with Gasteiger partial charge in [-0.25, -0.2) is 0 Å². The number of amides is 2. The molecule has 28 heavy (non-hydrogen) atoms. The second kappa shape index (κ2) is 9.08. The van der Waals surface area contributed by atoms with Gasteiger partial charge in [-0.05, 0) is 30.2 Å². The maximum atomic E-state index is 12.4. The van der Waals surface area contributed by atoms with E-state index in [1.807, 2.05) is 66.3 Å². The highest BCUT2D eigenvalue weighted by Gasteiger charge is 2.13. The van der Waals surface area contributed by atoms with Gasteiger partial charge in [-0.1, -0.05) is 30.3 Å². The number of methoxy groups -OCH3 is 1. The van der Waals surface area contributed by atoms with E-state index in [2.05, 4.69) is 10.6 Å². The first-order chi connectivity index (χ1) is 13.6. The first kappa shape index (κ1) is 19.5.